The summed E-state index contributed by atoms with van der Waals surface area (Å²) in [4.78, 5) is 5.26. The van der Waals surface area contributed by atoms with Gasteiger partial charge in [0.2, 0.25) is 0 Å². The summed E-state index contributed by atoms with van der Waals surface area (Å²) in [6, 6.07) is 27.6. The second-order valence-electron chi connectivity index (χ2n) is 11.4. The van der Waals surface area contributed by atoms with Crippen molar-refractivity contribution >= 4 is 11.4 Å². The lowest BCUT2D eigenvalue weighted by Crippen LogP contribution is -2.25. The standard InChI is InChI=1S/C38H56N2/c1-5-9-15-27-39(28-16-10-6-2)35-23-19-21-33(31-35)37-25-13-14-26-38(37)34-22-20-24-36(32-34)40(29-17-11-7-3)30-18-12-8-4/h13-14,19-26,31-32H,5-12,15-18,27-30H2,1-4H3. The van der Waals surface area contributed by atoms with E-state index in [-0.39, 0.29) is 0 Å². The zero-order valence-electron chi connectivity index (χ0n) is 26.1. The number of benzene rings is 3. The molecule has 40 heavy (non-hydrogen) atoms. The summed E-state index contributed by atoms with van der Waals surface area (Å²) in [5, 5.41) is 0. The van der Waals surface area contributed by atoms with Crippen molar-refractivity contribution < 1.29 is 0 Å². The van der Waals surface area contributed by atoms with Gasteiger partial charge in [0.05, 0.1) is 0 Å². The van der Waals surface area contributed by atoms with Crippen LogP contribution in [0.3, 0.4) is 0 Å². The summed E-state index contributed by atoms with van der Waals surface area (Å²) in [7, 11) is 0. The average molecular weight is 541 g/mol. The maximum atomic E-state index is 2.63. The number of nitrogens with zero attached hydrogens (tertiary/aromatic N) is 2. The maximum absolute atomic E-state index is 2.63. The highest BCUT2D eigenvalue weighted by Gasteiger charge is 2.13. The van der Waals surface area contributed by atoms with E-state index in [0.29, 0.717) is 0 Å². The lowest BCUT2D eigenvalue weighted by Gasteiger charge is -2.26. The van der Waals surface area contributed by atoms with Gasteiger partial charge in [-0.25, -0.2) is 0 Å². The molecule has 3 aromatic carbocycles. The lowest BCUT2D eigenvalue weighted by molar-refractivity contribution is 0.636. The molecule has 0 N–H and O–H groups in total. The third-order valence-corrected chi connectivity index (χ3v) is 8.10. The van der Waals surface area contributed by atoms with Gasteiger partial charge >= 0.3 is 0 Å². The molecule has 0 aromatic heterocycles. The zero-order chi connectivity index (χ0) is 28.4. The minimum Gasteiger partial charge on any atom is -0.372 e. The molecule has 3 aromatic rings. The van der Waals surface area contributed by atoms with Crippen molar-refractivity contribution in [1.29, 1.82) is 0 Å². The number of rotatable bonds is 20. The minimum absolute atomic E-state index is 1.15. The first kappa shape index (κ1) is 31.8. The lowest BCUT2D eigenvalue weighted by atomic mass is 9.94. The van der Waals surface area contributed by atoms with E-state index in [4.69, 9.17) is 0 Å². The fourth-order valence-electron chi connectivity index (χ4n) is 5.68. The first-order valence-corrected chi connectivity index (χ1v) is 16.5. The van der Waals surface area contributed by atoms with E-state index in [1.807, 2.05) is 0 Å². The molecular formula is C38H56N2. The molecule has 0 aliphatic heterocycles. The molecular weight excluding hydrogens is 484 g/mol. The van der Waals surface area contributed by atoms with E-state index >= 15 is 0 Å². The van der Waals surface area contributed by atoms with Crippen LogP contribution in [0.25, 0.3) is 22.3 Å². The molecule has 0 bridgehead atoms. The van der Waals surface area contributed by atoms with E-state index in [0.717, 1.165) is 26.2 Å². The van der Waals surface area contributed by atoms with Gasteiger partial charge in [-0.1, -0.05) is 128 Å². The Kier molecular flexibility index (Phi) is 14.8. The first-order chi connectivity index (χ1) is 19.7. The summed E-state index contributed by atoms with van der Waals surface area (Å²) < 4.78 is 0. The van der Waals surface area contributed by atoms with Crippen molar-refractivity contribution in [2.24, 2.45) is 0 Å². The Morgan fingerprint density at radius 1 is 0.400 bits per heavy atom. The van der Waals surface area contributed by atoms with Gasteiger partial charge in [0.1, 0.15) is 0 Å². The Morgan fingerprint density at radius 2 is 0.750 bits per heavy atom. The number of anilines is 2. The maximum Gasteiger partial charge on any atom is 0.0372 e. The smallest absolute Gasteiger partial charge is 0.0372 e. The van der Waals surface area contributed by atoms with Crippen LogP contribution in [-0.4, -0.2) is 26.2 Å². The van der Waals surface area contributed by atoms with Crippen LogP contribution in [0.15, 0.2) is 72.8 Å². The molecule has 0 saturated carbocycles. The van der Waals surface area contributed by atoms with E-state index in [1.54, 1.807) is 0 Å². The van der Waals surface area contributed by atoms with Crippen molar-refractivity contribution in [1.82, 2.24) is 0 Å². The molecule has 0 heterocycles. The van der Waals surface area contributed by atoms with Crippen LogP contribution in [-0.2, 0) is 0 Å². The van der Waals surface area contributed by atoms with Gasteiger partial charge in [-0.15, -0.1) is 0 Å². The van der Waals surface area contributed by atoms with E-state index in [1.165, 1.54) is 111 Å². The van der Waals surface area contributed by atoms with Crippen LogP contribution in [0.2, 0.25) is 0 Å². The Hall–Kier alpha value is -2.74. The summed E-state index contributed by atoms with van der Waals surface area (Å²) in [6.07, 6.45) is 15.4. The third-order valence-electron chi connectivity index (χ3n) is 8.10. The Morgan fingerprint density at radius 3 is 1.07 bits per heavy atom. The topological polar surface area (TPSA) is 6.48 Å². The molecule has 0 fully saturated rings. The van der Waals surface area contributed by atoms with Crippen molar-refractivity contribution in [3.8, 4) is 22.3 Å². The van der Waals surface area contributed by atoms with Gasteiger partial charge in [0, 0.05) is 37.6 Å². The average Bonchev–Trinajstić information content (AvgIpc) is 3.00. The van der Waals surface area contributed by atoms with Crippen molar-refractivity contribution in [3.05, 3.63) is 72.8 Å². The van der Waals surface area contributed by atoms with Crippen LogP contribution >= 0.6 is 0 Å². The number of hydrogen-bond acceptors (Lipinski definition) is 2. The minimum atomic E-state index is 1.15. The van der Waals surface area contributed by atoms with E-state index in [2.05, 4.69) is 110 Å². The summed E-state index contributed by atoms with van der Waals surface area (Å²) in [5.41, 5.74) is 8.02. The zero-order valence-corrected chi connectivity index (χ0v) is 26.1. The normalized spacial score (nSPS) is 11.1. The largest absolute Gasteiger partial charge is 0.372 e. The highest BCUT2D eigenvalue weighted by molar-refractivity contribution is 5.85. The van der Waals surface area contributed by atoms with Gasteiger partial charge in [-0.3, -0.25) is 0 Å². The Bertz CT molecular complexity index is 982. The number of hydrogen-bond donors (Lipinski definition) is 0. The van der Waals surface area contributed by atoms with Gasteiger partial charge in [-0.2, -0.15) is 0 Å². The molecule has 0 amide bonds. The third kappa shape index (κ3) is 10.0. The van der Waals surface area contributed by atoms with Crippen LogP contribution in [0.4, 0.5) is 11.4 Å². The molecule has 218 valence electrons. The molecule has 0 aliphatic carbocycles. The highest BCUT2D eigenvalue weighted by atomic mass is 15.1. The first-order valence-electron chi connectivity index (χ1n) is 16.5. The predicted octanol–water partition coefficient (Wildman–Crippen LogP) is 11.4. The van der Waals surface area contributed by atoms with Crippen LogP contribution in [0.1, 0.15) is 105 Å². The number of unbranched alkanes of at least 4 members (excludes halogenated alkanes) is 8. The van der Waals surface area contributed by atoms with Crippen molar-refractivity contribution in [2.45, 2.75) is 105 Å². The molecule has 0 radical (unpaired) electrons. The molecule has 0 unspecified atom stereocenters. The van der Waals surface area contributed by atoms with Crippen LogP contribution in [0, 0.1) is 0 Å². The van der Waals surface area contributed by atoms with Gasteiger partial charge in [0.25, 0.3) is 0 Å². The molecule has 0 aliphatic rings. The van der Waals surface area contributed by atoms with E-state index < -0.39 is 0 Å². The van der Waals surface area contributed by atoms with Gasteiger partial charge in [-0.05, 0) is 72.2 Å². The fourth-order valence-corrected chi connectivity index (χ4v) is 5.68. The Labute approximate surface area is 246 Å². The van der Waals surface area contributed by atoms with Crippen LogP contribution < -0.4 is 9.80 Å². The molecule has 0 atom stereocenters. The van der Waals surface area contributed by atoms with Crippen molar-refractivity contribution in [2.75, 3.05) is 36.0 Å². The molecule has 0 spiro atoms. The summed E-state index contributed by atoms with van der Waals surface area (Å²) >= 11 is 0. The van der Waals surface area contributed by atoms with Gasteiger partial charge < -0.3 is 9.80 Å². The quantitative estimate of drug-likeness (QED) is 0.131. The predicted molar refractivity (Wildman–Crippen MR) is 180 cm³/mol. The van der Waals surface area contributed by atoms with Crippen LogP contribution in [0.5, 0.6) is 0 Å². The monoisotopic (exact) mass is 540 g/mol. The second kappa shape index (κ2) is 18.6. The van der Waals surface area contributed by atoms with Crippen molar-refractivity contribution in [3.63, 3.8) is 0 Å². The summed E-state index contributed by atoms with van der Waals surface area (Å²) in [5.74, 6) is 0. The molecule has 0 saturated heterocycles. The second-order valence-corrected chi connectivity index (χ2v) is 11.4. The SMILES string of the molecule is CCCCCN(CCCCC)c1cccc(-c2ccccc2-c2cccc(N(CCCCC)CCCCC)c2)c1. The Balaban J connectivity index is 1.91. The van der Waals surface area contributed by atoms with E-state index in [9.17, 15) is 0 Å². The molecule has 3 rings (SSSR count). The molecule has 2 heteroatoms. The highest BCUT2D eigenvalue weighted by Crippen LogP contribution is 2.35. The summed E-state index contributed by atoms with van der Waals surface area (Å²) in [6.45, 7) is 13.8. The fraction of sp³-hybridized carbons (Fsp3) is 0.526. The molecule has 2 nitrogen and oxygen atoms in total. The van der Waals surface area contributed by atoms with Gasteiger partial charge in [0.15, 0.2) is 0 Å².